The third kappa shape index (κ3) is 3.57. The molecule has 0 heterocycles. The van der Waals surface area contributed by atoms with Gasteiger partial charge in [-0.25, -0.2) is 4.79 Å². The largest absolute Gasteiger partial charge is 0.456 e. The lowest BCUT2D eigenvalue weighted by molar-refractivity contribution is -0.387. The summed E-state index contributed by atoms with van der Waals surface area (Å²) >= 11 is 0. The Bertz CT molecular complexity index is 516. The quantitative estimate of drug-likeness (QED) is 0.339. The van der Waals surface area contributed by atoms with E-state index in [9.17, 15) is 19.3 Å². The van der Waals surface area contributed by atoms with Gasteiger partial charge in [0.25, 0.3) is 0 Å². The predicted octanol–water partition coefficient (Wildman–Crippen LogP) is 1.65. The number of nitro benzene ring substituents is 1. The highest BCUT2D eigenvalue weighted by Gasteiger charge is 2.12. The van der Waals surface area contributed by atoms with Crippen LogP contribution in [0.5, 0.6) is 0 Å². The van der Waals surface area contributed by atoms with Crippen LogP contribution in [0.4, 0.5) is 10.1 Å². The minimum atomic E-state index is -0.995. The smallest absolute Gasteiger partial charge is 0.384 e. The van der Waals surface area contributed by atoms with E-state index < -0.39 is 22.4 Å². The maximum atomic E-state index is 13.1. The van der Waals surface area contributed by atoms with Gasteiger partial charge >= 0.3 is 11.7 Å². The van der Waals surface area contributed by atoms with Crippen molar-refractivity contribution < 1.29 is 18.8 Å². The second-order valence-electron chi connectivity index (χ2n) is 2.89. The van der Waals surface area contributed by atoms with E-state index in [1.165, 1.54) is 6.07 Å². The summed E-state index contributed by atoms with van der Waals surface area (Å²) in [5.41, 5.74) is -0.465. The van der Waals surface area contributed by atoms with Crippen molar-refractivity contribution in [3.63, 3.8) is 0 Å². The number of nitrogens with zero attached hydrogens (tertiary/aromatic N) is 1. The van der Waals surface area contributed by atoms with Crippen molar-refractivity contribution in [1.29, 1.82) is 0 Å². The van der Waals surface area contributed by atoms with Crippen LogP contribution in [0.3, 0.4) is 0 Å². The fourth-order valence-corrected chi connectivity index (χ4v) is 1.02. The lowest BCUT2D eigenvalue weighted by Gasteiger charge is -1.94. The zero-order valence-electron chi connectivity index (χ0n) is 8.90. The van der Waals surface area contributed by atoms with Crippen molar-refractivity contribution in [2.75, 3.05) is 6.61 Å². The Morgan fingerprint density at radius 3 is 2.82 bits per heavy atom. The Labute approximate surface area is 96.3 Å². The molecule has 17 heavy (non-hydrogen) atoms. The predicted molar refractivity (Wildman–Crippen MR) is 56.6 cm³/mol. The Balaban J connectivity index is 2.91. The number of carbonyl (C=O) groups is 1. The zero-order valence-corrected chi connectivity index (χ0v) is 8.90. The fraction of sp³-hybridized carbons (Fsp3) is 0.182. The summed E-state index contributed by atoms with van der Waals surface area (Å²) in [6.07, 6.45) is 0. The first-order valence-corrected chi connectivity index (χ1v) is 4.67. The fourth-order valence-electron chi connectivity index (χ4n) is 1.02. The number of hydrogen-bond donors (Lipinski definition) is 0. The van der Waals surface area contributed by atoms with E-state index in [-0.39, 0.29) is 12.2 Å². The Morgan fingerprint density at radius 1 is 1.59 bits per heavy atom. The first-order valence-electron chi connectivity index (χ1n) is 4.67. The molecule has 0 amide bonds. The molecule has 0 aliphatic carbocycles. The number of rotatable bonds is 2. The molecule has 1 aromatic rings. The van der Waals surface area contributed by atoms with Gasteiger partial charge in [0.15, 0.2) is 0 Å². The maximum Gasteiger partial charge on any atom is 0.384 e. The van der Waals surface area contributed by atoms with Gasteiger partial charge in [0.05, 0.1) is 11.5 Å². The van der Waals surface area contributed by atoms with Gasteiger partial charge in [0, 0.05) is 17.6 Å². The highest BCUT2D eigenvalue weighted by Crippen LogP contribution is 2.17. The molecule has 0 aliphatic heterocycles. The van der Waals surface area contributed by atoms with Crippen LogP contribution in [0.2, 0.25) is 0 Å². The summed E-state index contributed by atoms with van der Waals surface area (Å²) in [5.74, 6) is 2.75. The lowest BCUT2D eigenvalue weighted by Crippen LogP contribution is -1.99. The van der Waals surface area contributed by atoms with Gasteiger partial charge in [-0.05, 0) is 19.1 Å². The number of nitro groups is 1. The molecule has 1 aromatic carbocycles. The molecule has 88 valence electrons. The number of halogens is 1. The van der Waals surface area contributed by atoms with Crippen molar-refractivity contribution >= 4 is 11.7 Å². The molecule has 0 bridgehead atoms. The van der Waals surface area contributed by atoms with Gasteiger partial charge in [-0.2, -0.15) is 4.39 Å². The molecular weight excluding hydrogens is 229 g/mol. The molecule has 0 spiro atoms. The van der Waals surface area contributed by atoms with Crippen LogP contribution in [0, 0.1) is 27.8 Å². The highest BCUT2D eigenvalue weighted by molar-refractivity contribution is 5.89. The summed E-state index contributed by atoms with van der Waals surface area (Å²) in [5, 5.41) is 10.3. The van der Waals surface area contributed by atoms with Crippen LogP contribution in [-0.4, -0.2) is 17.5 Å². The van der Waals surface area contributed by atoms with Crippen LogP contribution in [0.1, 0.15) is 12.5 Å². The third-order valence-electron chi connectivity index (χ3n) is 1.73. The van der Waals surface area contributed by atoms with Crippen molar-refractivity contribution in [3.05, 3.63) is 39.7 Å². The van der Waals surface area contributed by atoms with Gasteiger partial charge in [-0.1, -0.05) is 5.92 Å². The molecule has 0 N–H and O–H groups in total. The molecule has 1 rings (SSSR count). The van der Waals surface area contributed by atoms with Gasteiger partial charge in [0.2, 0.25) is 5.82 Å². The molecule has 0 fully saturated rings. The monoisotopic (exact) mass is 237 g/mol. The van der Waals surface area contributed by atoms with Gasteiger partial charge in [-0.3, -0.25) is 10.1 Å². The number of carbonyl (C=O) groups excluding carboxylic acids is 1. The van der Waals surface area contributed by atoms with Crippen molar-refractivity contribution in [2.45, 2.75) is 6.92 Å². The topological polar surface area (TPSA) is 69.4 Å². The molecule has 0 saturated heterocycles. The van der Waals surface area contributed by atoms with Crippen LogP contribution in [-0.2, 0) is 9.53 Å². The van der Waals surface area contributed by atoms with Crippen LogP contribution < -0.4 is 0 Å². The minimum absolute atomic E-state index is 0.168. The summed E-state index contributed by atoms with van der Waals surface area (Å²) in [6.45, 7) is 1.83. The summed E-state index contributed by atoms with van der Waals surface area (Å²) in [4.78, 5) is 20.4. The lowest BCUT2D eigenvalue weighted by atomic mass is 10.2. The van der Waals surface area contributed by atoms with Crippen molar-refractivity contribution in [2.24, 2.45) is 0 Å². The van der Waals surface area contributed by atoms with Crippen LogP contribution in [0.25, 0.3) is 0 Å². The summed E-state index contributed by atoms with van der Waals surface area (Å²) in [7, 11) is 0. The standard InChI is InChI=1S/C11H8FNO4/c1-2-17-11(14)6-4-8-3-5-10(13(15)16)9(12)7-8/h3,5,7H,2H2,1H3. The van der Waals surface area contributed by atoms with E-state index in [0.29, 0.717) is 0 Å². The Hall–Kier alpha value is -2.42. The minimum Gasteiger partial charge on any atom is -0.456 e. The highest BCUT2D eigenvalue weighted by atomic mass is 19.1. The number of benzene rings is 1. The van der Waals surface area contributed by atoms with Crippen LogP contribution in [0.15, 0.2) is 18.2 Å². The molecule has 0 atom stereocenters. The molecule has 6 heteroatoms. The second kappa shape index (κ2) is 5.61. The van der Waals surface area contributed by atoms with Gasteiger partial charge in [-0.15, -0.1) is 0 Å². The molecule has 0 saturated carbocycles. The van der Waals surface area contributed by atoms with Gasteiger partial charge in [0.1, 0.15) is 0 Å². The maximum absolute atomic E-state index is 13.1. The number of esters is 1. The normalized spacial score (nSPS) is 9.06. The molecule has 0 unspecified atom stereocenters. The first-order chi connectivity index (χ1) is 8.04. The van der Waals surface area contributed by atoms with Crippen molar-refractivity contribution in [1.82, 2.24) is 0 Å². The van der Waals surface area contributed by atoms with Crippen LogP contribution >= 0.6 is 0 Å². The molecule has 0 aromatic heterocycles. The average Bonchev–Trinajstić information content (AvgIpc) is 2.26. The van der Waals surface area contributed by atoms with E-state index in [2.05, 4.69) is 16.6 Å². The molecule has 5 nitrogen and oxygen atoms in total. The Morgan fingerprint density at radius 2 is 2.29 bits per heavy atom. The SMILES string of the molecule is CCOC(=O)C#Cc1ccc([N+](=O)[O-])c(F)c1. The molecule has 0 aliphatic rings. The first kappa shape index (κ1) is 12.6. The van der Waals surface area contributed by atoms with E-state index in [1.807, 2.05) is 0 Å². The van der Waals surface area contributed by atoms with E-state index in [1.54, 1.807) is 6.92 Å². The summed E-state index contributed by atoms with van der Waals surface area (Å²) in [6, 6.07) is 3.14. The van der Waals surface area contributed by atoms with E-state index in [4.69, 9.17) is 0 Å². The molecular formula is C11H8FNO4. The number of ether oxygens (including phenoxy) is 1. The van der Waals surface area contributed by atoms with Gasteiger partial charge < -0.3 is 4.74 Å². The zero-order chi connectivity index (χ0) is 12.8. The van der Waals surface area contributed by atoms with E-state index in [0.717, 1.165) is 12.1 Å². The van der Waals surface area contributed by atoms with Crippen molar-refractivity contribution in [3.8, 4) is 11.8 Å². The molecule has 0 radical (unpaired) electrons. The second-order valence-corrected chi connectivity index (χ2v) is 2.89. The third-order valence-corrected chi connectivity index (χ3v) is 1.73. The van der Waals surface area contributed by atoms with E-state index >= 15 is 0 Å². The Kier molecular flexibility index (Phi) is 4.17. The number of hydrogen-bond acceptors (Lipinski definition) is 4. The average molecular weight is 237 g/mol. The summed E-state index contributed by atoms with van der Waals surface area (Å²) < 4.78 is 17.7.